The van der Waals surface area contributed by atoms with Crippen molar-refractivity contribution in [1.29, 1.82) is 0 Å². The van der Waals surface area contributed by atoms with Crippen molar-refractivity contribution in [1.82, 2.24) is 4.57 Å². The molecule has 1 aromatic heterocycles. The minimum absolute atomic E-state index is 0.183. The minimum Gasteiger partial charge on any atom is -0.488 e. The molecule has 0 saturated carbocycles. The van der Waals surface area contributed by atoms with Crippen LogP contribution in [0.5, 0.6) is 5.75 Å². The zero-order valence-electron chi connectivity index (χ0n) is 11.1. The van der Waals surface area contributed by atoms with Gasteiger partial charge in [-0.25, -0.2) is 0 Å². The molecule has 2 heterocycles. The Morgan fingerprint density at radius 2 is 2.00 bits per heavy atom. The Kier molecular flexibility index (Phi) is 2.46. The summed E-state index contributed by atoms with van der Waals surface area (Å²) in [5.74, 6) is 1.02. The molecule has 3 aromatic rings. The van der Waals surface area contributed by atoms with Gasteiger partial charge in [-0.3, -0.25) is 0 Å². The van der Waals surface area contributed by atoms with Crippen LogP contribution in [0.3, 0.4) is 0 Å². The van der Waals surface area contributed by atoms with Crippen molar-refractivity contribution in [3.05, 3.63) is 60.3 Å². The summed E-state index contributed by atoms with van der Waals surface area (Å²) < 4.78 is 8.20. The highest BCUT2D eigenvalue weighted by Crippen LogP contribution is 2.30. The van der Waals surface area contributed by atoms with Crippen molar-refractivity contribution in [2.75, 3.05) is 5.73 Å². The Balaban J connectivity index is 1.64. The quantitative estimate of drug-likeness (QED) is 0.722. The van der Waals surface area contributed by atoms with E-state index in [9.17, 15) is 0 Å². The van der Waals surface area contributed by atoms with E-state index in [-0.39, 0.29) is 6.10 Å². The molecule has 0 bridgehead atoms. The molecule has 2 aromatic carbocycles. The average Bonchev–Trinajstić information content (AvgIpc) is 3.03. The molecule has 4 rings (SSSR count). The topological polar surface area (TPSA) is 40.2 Å². The van der Waals surface area contributed by atoms with Crippen LogP contribution >= 0.6 is 0 Å². The van der Waals surface area contributed by atoms with Gasteiger partial charge in [0.2, 0.25) is 0 Å². The van der Waals surface area contributed by atoms with Gasteiger partial charge in [0.05, 0.1) is 17.7 Å². The lowest BCUT2D eigenvalue weighted by molar-refractivity contribution is 0.211. The molecule has 20 heavy (non-hydrogen) atoms. The highest BCUT2D eigenvalue weighted by atomic mass is 16.5. The van der Waals surface area contributed by atoms with Crippen molar-refractivity contribution in [2.45, 2.75) is 19.1 Å². The second-order valence-electron chi connectivity index (χ2n) is 5.30. The molecule has 3 nitrogen and oxygen atoms in total. The summed E-state index contributed by atoms with van der Waals surface area (Å²) in [6.07, 6.45) is 3.23. The van der Waals surface area contributed by atoms with Crippen LogP contribution in [0.25, 0.3) is 10.9 Å². The van der Waals surface area contributed by atoms with E-state index in [4.69, 9.17) is 10.5 Å². The van der Waals surface area contributed by atoms with Crippen molar-refractivity contribution in [2.24, 2.45) is 0 Å². The van der Waals surface area contributed by atoms with Crippen molar-refractivity contribution in [3.63, 3.8) is 0 Å². The highest BCUT2D eigenvalue weighted by molar-refractivity contribution is 5.90. The summed E-state index contributed by atoms with van der Waals surface area (Å²) in [6.45, 7) is 0.826. The molecule has 100 valence electrons. The Morgan fingerprint density at radius 1 is 1.10 bits per heavy atom. The van der Waals surface area contributed by atoms with Crippen LogP contribution in [0.15, 0.2) is 54.7 Å². The van der Waals surface area contributed by atoms with Crippen molar-refractivity contribution in [3.8, 4) is 5.75 Å². The molecular formula is C17H16N2O. The number of hydrogen-bond donors (Lipinski definition) is 1. The Bertz CT molecular complexity index is 751. The number of nitrogens with two attached hydrogens (primary N) is 1. The Labute approximate surface area is 117 Å². The second kappa shape index (κ2) is 4.30. The van der Waals surface area contributed by atoms with Gasteiger partial charge >= 0.3 is 0 Å². The third kappa shape index (κ3) is 1.74. The maximum atomic E-state index is 6.10. The largest absolute Gasteiger partial charge is 0.488 e. The van der Waals surface area contributed by atoms with Gasteiger partial charge in [-0.2, -0.15) is 0 Å². The molecule has 0 fully saturated rings. The lowest BCUT2D eigenvalue weighted by atomic mass is 10.1. The molecular weight excluding hydrogens is 248 g/mol. The molecule has 0 spiro atoms. The molecule has 1 aliphatic heterocycles. The first kappa shape index (κ1) is 11.4. The average molecular weight is 264 g/mol. The van der Waals surface area contributed by atoms with E-state index in [2.05, 4.69) is 35.0 Å². The van der Waals surface area contributed by atoms with E-state index in [0.29, 0.717) is 0 Å². The first-order valence-corrected chi connectivity index (χ1v) is 6.89. The first-order valence-electron chi connectivity index (χ1n) is 6.89. The van der Waals surface area contributed by atoms with Gasteiger partial charge in [0, 0.05) is 18.0 Å². The number of aromatic nitrogens is 1. The molecule has 0 radical (unpaired) electrons. The van der Waals surface area contributed by atoms with E-state index < -0.39 is 0 Å². The predicted molar refractivity (Wildman–Crippen MR) is 80.9 cm³/mol. The SMILES string of the molecule is Nc1cccc2ccn(CC3Cc4ccccc4O3)c12. The number of anilines is 1. The number of para-hydroxylation sites is 2. The van der Waals surface area contributed by atoms with E-state index in [1.807, 2.05) is 24.3 Å². The summed E-state index contributed by atoms with van der Waals surface area (Å²) in [4.78, 5) is 0. The zero-order valence-corrected chi connectivity index (χ0v) is 11.1. The zero-order chi connectivity index (χ0) is 13.5. The van der Waals surface area contributed by atoms with Gasteiger partial charge in [0.15, 0.2) is 0 Å². The number of ether oxygens (including phenoxy) is 1. The highest BCUT2D eigenvalue weighted by Gasteiger charge is 2.23. The summed E-state index contributed by atoms with van der Waals surface area (Å²) >= 11 is 0. The lowest BCUT2D eigenvalue weighted by Gasteiger charge is -2.13. The van der Waals surface area contributed by atoms with Gasteiger partial charge < -0.3 is 15.0 Å². The van der Waals surface area contributed by atoms with E-state index in [0.717, 1.165) is 29.9 Å². The molecule has 2 N–H and O–H groups in total. The molecule has 0 saturated heterocycles. The second-order valence-corrected chi connectivity index (χ2v) is 5.30. The molecule has 0 amide bonds. The third-order valence-electron chi connectivity index (χ3n) is 3.93. The number of nitrogen functional groups attached to an aromatic ring is 1. The normalized spacial score (nSPS) is 17.1. The number of rotatable bonds is 2. The number of fused-ring (bicyclic) bond motifs is 2. The number of hydrogen-bond acceptors (Lipinski definition) is 2. The van der Waals surface area contributed by atoms with Gasteiger partial charge in [-0.1, -0.05) is 30.3 Å². The van der Waals surface area contributed by atoms with Gasteiger partial charge in [-0.15, -0.1) is 0 Å². The van der Waals surface area contributed by atoms with Crippen LogP contribution in [0.2, 0.25) is 0 Å². The van der Waals surface area contributed by atoms with Crippen molar-refractivity contribution < 1.29 is 4.74 Å². The van der Waals surface area contributed by atoms with Crippen LogP contribution in [0.1, 0.15) is 5.56 Å². The summed E-state index contributed by atoms with van der Waals surface area (Å²) in [6, 6.07) is 16.4. The van der Waals surface area contributed by atoms with Gasteiger partial charge in [0.1, 0.15) is 11.9 Å². The molecule has 1 aliphatic rings. The van der Waals surface area contributed by atoms with E-state index >= 15 is 0 Å². The summed E-state index contributed by atoms with van der Waals surface area (Å²) in [5, 5.41) is 1.18. The van der Waals surface area contributed by atoms with Crippen LogP contribution in [-0.2, 0) is 13.0 Å². The van der Waals surface area contributed by atoms with E-state index in [1.54, 1.807) is 0 Å². The lowest BCUT2D eigenvalue weighted by Crippen LogP contribution is -2.20. The van der Waals surface area contributed by atoms with Crippen LogP contribution in [0.4, 0.5) is 5.69 Å². The predicted octanol–water partition coefficient (Wildman–Crippen LogP) is 3.23. The van der Waals surface area contributed by atoms with Crippen LogP contribution in [-0.4, -0.2) is 10.7 Å². The Morgan fingerprint density at radius 3 is 2.90 bits per heavy atom. The fourth-order valence-corrected chi connectivity index (χ4v) is 3.02. The maximum Gasteiger partial charge on any atom is 0.123 e. The van der Waals surface area contributed by atoms with Crippen molar-refractivity contribution >= 4 is 16.6 Å². The minimum atomic E-state index is 0.183. The van der Waals surface area contributed by atoms with E-state index in [1.165, 1.54) is 10.9 Å². The Hall–Kier alpha value is -2.42. The number of benzene rings is 2. The van der Waals surface area contributed by atoms with Crippen LogP contribution < -0.4 is 10.5 Å². The smallest absolute Gasteiger partial charge is 0.123 e. The molecule has 3 heteroatoms. The summed E-state index contributed by atoms with van der Waals surface area (Å²) in [7, 11) is 0. The fraction of sp³-hybridized carbons (Fsp3) is 0.176. The monoisotopic (exact) mass is 264 g/mol. The molecule has 1 unspecified atom stereocenters. The van der Waals surface area contributed by atoms with Crippen LogP contribution in [0, 0.1) is 0 Å². The fourth-order valence-electron chi connectivity index (χ4n) is 3.02. The molecule has 1 atom stereocenters. The summed E-state index contributed by atoms with van der Waals surface area (Å²) in [5.41, 5.74) is 9.32. The first-order chi connectivity index (χ1) is 9.81. The maximum absolute atomic E-state index is 6.10. The molecule has 0 aliphatic carbocycles. The van der Waals surface area contributed by atoms with Gasteiger partial charge in [0.25, 0.3) is 0 Å². The number of nitrogens with zero attached hydrogens (tertiary/aromatic N) is 1. The standard InChI is InChI=1S/C17H16N2O/c18-15-6-3-5-12-8-9-19(17(12)15)11-14-10-13-4-1-2-7-16(13)20-14/h1-9,14H,10-11,18H2. The van der Waals surface area contributed by atoms with Gasteiger partial charge in [-0.05, 0) is 23.8 Å². The third-order valence-corrected chi connectivity index (χ3v) is 3.93.